The van der Waals surface area contributed by atoms with E-state index in [2.05, 4.69) is 41.0 Å². The van der Waals surface area contributed by atoms with E-state index in [4.69, 9.17) is 4.74 Å². The number of rotatable bonds is 4. The van der Waals surface area contributed by atoms with Crippen molar-refractivity contribution in [2.24, 2.45) is 5.92 Å². The highest BCUT2D eigenvalue weighted by Gasteiger charge is 2.36. The molecule has 1 aliphatic carbocycles. The van der Waals surface area contributed by atoms with E-state index in [1.807, 2.05) is 12.1 Å². The molecule has 2 aromatic rings. The smallest absolute Gasteiger partial charge is 0.315 e. The molecule has 24 heavy (non-hydrogen) atoms. The Morgan fingerprint density at radius 1 is 1.08 bits per heavy atom. The van der Waals surface area contributed by atoms with Crippen LogP contribution in [0.25, 0.3) is 10.8 Å². The molecule has 4 nitrogen and oxygen atoms in total. The van der Waals surface area contributed by atoms with Crippen molar-refractivity contribution >= 4 is 16.8 Å². The van der Waals surface area contributed by atoms with Crippen molar-refractivity contribution in [3.05, 3.63) is 48.0 Å². The quantitative estimate of drug-likeness (QED) is 0.903. The van der Waals surface area contributed by atoms with E-state index in [1.54, 1.807) is 0 Å². The van der Waals surface area contributed by atoms with Crippen LogP contribution >= 0.6 is 0 Å². The van der Waals surface area contributed by atoms with E-state index in [0.29, 0.717) is 12.6 Å². The standard InChI is InChI=1S/C20H24N2O2/c23-20(22-18-9-10-24-19(12-18)16-7-8-16)21-13-14-5-6-15-3-1-2-4-17(15)11-14/h1-6,11,16,18-19H,7-10,12-13H2,(H2,21,22,23)/t18-,19-/m0/s1. The van der Waals surface area contributed by atoms with Crippen molar-refractivity contribution in [3.63, 3.8) is 0 Å². The number of urea groups is 1. The third-order valence-corrected chi connectivity index (χ3v) is 5.07. The Morgan fingerprint density at radius 3 is 2.75 bits per heavy atom. The molecule has 2 aliphatic rings. The first-order chi connectivity index (χ1) is 11.8. The normalized spacial score (nSPS) is 23.8. The summed E-state index contributed by atoms with van der Waals surface area (Å²) < 4.78 is 5.81. The average Bonchev–Trinajstić information content (AvgIpc) is 3.45. The molecule has 2 fully saturated rings. The molecular weight excluding hydrogens is 300 g/mol. The molecule has 2 N–H and O–H groups in total. The van der Waals surface area contributed by atoms with Gasteiger partial charge < -0.3 is 15.4 Å². The molecule has 2 aromatic carbocycles. The van der Waals surface area contributed by atoms with E-state index in [1.165, 1.54) is 23.6 Å². The molecule has 1 saturated carbocycles. The zero-order valence-corrected chi connectivity index (χ0v) is 13.8. The van der Waals surface area contributed by atoms with Crippen LogP contribution in [0.5, 0.6) is 0 Å². The van der Waals surface area contributed by atoms with Crippen LogP contribution in [-0.2, 0) is 11.3 Å². The molecule has 0 radical (unpaired) electrons. The lowest BCUT2D eigenvalue weighted by Crippen LogP contribution is -2.46. The van der Waals surface area contributed by atoms with E-state index in [9.17, 15) is 4.79 Å². The number of hydrogen-bond donors (Lipinski definition) is 2. The highest BCUT2D eigenvalue weighted by atomic mass is 16.5. The van der Waals surface area contributed by atoms with Crippen molar-refractivity contribution in [2.45, 2.75) is 44.4 Å². The SMILES string of the molecule is O=C(NCc1ccc2ccccc2c1)N[C@H]1CCO[C@H](C2CC2)C1. The molecule has 0 bridgehead atoms. The zero-order valence-electron chi connectivity index (χ0n) is 13.8. The lowest BCUT2D eigenvalue weighted by atomic mass is 10.0. The van der Waals surface area contributed by atoms with E-state index in [-0.39, 0.29) is 12.1 Å². The Kier molecular flexibility index (Phi) is 4.39. The van der Waals surface area contributed by atoms with Crippen LogP contribution in [-0.4, -0.2) is 24.8 Å². The molecule has 0 aromatic heterocycles. The minimum atomic E-state index is -0.0791. The number of carbonyl (C=O) groups excluding carboxylic acids is 1. The van der Waals surface area contributed by atoms with Gasteiger partial charge in [-0.1, -0.05) is 36.4 Å². The minimum absolute atomic E-state index is 0.0791. The van der Waals surface area contributed by atoms with Gasteiger partial charge in [0.25, 0.3) is 0 Å². The second kappa shape index (κ2) is 6.81. The van der Waals surface area contributed by atoms with Crippen LogP contribution in [0.3, 0.4) is 0 Å². The van der Waals surface area contributed by atoms with Gasteiger partial charge in [-0.3, -0.25) is 0 Å². The number of fused-ring (bicyclic) bond motifs is 1. The first kappa shape index (κ1) is 15.5. The fourth-order valence-electron chi connectivity index (χ4n) is 3.52. The summed E-state index contributed by atoms with van der Waals surface area (Å²) in [6.45, 7) is 1.31. The van der Waals surface area contributed by atoms with Crippen LogP contribution in [0.15, 0.2) is 42.5 Å². The van der Waals surface area contributed by atoms with Crippen LogP contribution in [0, 0.1) is 5.92 Å². The number of benzene rings is 2. The predicted molar refractivity (Wildman–Crippen MR) is 94.8 cm³/mol. The fourth-order valence-corrected chi connectivity index (χ4v) is 3.52. The Balaban J connectivity index is 1.29. The summed E-state index contributed by atoms with van der Waals surface area (Å²) in [6, 6.07) is 14.7. The Bertz CT molecular complexity index is 726. The molecule has 126 valence electrons. The molecule has 0 unspecified atom stereocenters. The van der Waals surface area contributed by atoms with Crippen molar-refractivity contribution in [1.29, 1.82) is 0 Å². The highest BCUT2D eigenvalue weighted by molar-refractivity contribution is 5.83. The van der Waals surface area contributed by atoms with Gasteiger partial charge >= 0.3 is 6.03 Å². The summed E-state index contributed by atoms with van der Waals surface area (Å²) in [6.07, 6.45) is 4.78. The maximum atomic E-state index is 12.2. The van der Waals surface area contributed by atoms with Gasteiger partial charge in [0.2, 0.25) is 0 Å². The summed E-state index contributed by atoms with van der Waals surface area (Å²) >= 11 is 0. The van der Waals surface area contributed by atoms with E-state index >= 15 is 0 Å². The third-order valence-electron chi connectivity index (χ3n) is 5.07. The molecule has 0 spiro atoms. The van der Waals surface area contributed by atoms with Gasteiger partial charge in [0.15, 0.2) is 0 Å². The van der Waals surface area contributed by atoms with Gasteiger partial charge in [-0.25, -0.2) is 4.79 Å². The number of carbonyl (C=O) groups is 1. The average molecular weight is 324 g/mol. The van der Waals surface area contributed by atoms with Gasteiger partial charge in [-0.15, -0.1) is 0 Å². The molecule has 4 rings (SSSR count). The first-order valence-corrected chi connectivity index (χ1v) is 8.91. The fraction of sp³-hybridized carbons (Fsp3) is 0.450. The highest BCUT2D eigenvalue weighted by Crippen LogP contribution is 2.38. The second-order valence-corrected chi connectivity index (χ2v) is 6.98. The Hall–Kier alpha value is -2.07. The van der Waals surface area contributed by atoms with Crippen molar-refractivity contribution in [3.8, 4) is 0 Å². The number of hydrogen-bond acceptors (Lipinski definition) is 2. The number of ether oxygens (including phenoxy) is 1. The lowest BCUT2D eigenvalue weighted by molar-refractivity contribution is -0.00914. The van der Waals surface area contributed by atoms with Gasteiger partial charge in [0, 0.05) is 19.2 Å². The predicted octanol–water partition coefficient (Wildman–Crippen LogP) is 3.60. The summed E-state index contributed by atoms with van der Waals surface area (Å²) in [4.78, 5) is 12.2. The summed E-state index contributed by atoms with van der Waals surface area (Å²) in [5.74, 6) is 0.732. The largest absolute Gasteiger partial charge is 0.378 e. The maximum absolute atomic E-state index is 12.2. The molecule has 4 heteroatoms. The van der Waals surface area contributed by atoms with Gasteiger partial charge in [-0.05, 0) is 54.0 Å². The van der Waals surface area contributed by atoms with E-state index in [0.717, 1.165) is 30.9 Å². The van der Waals surface area contributed by atoms with Gasteiger partial charge in [-0.2, -0.15) is 0 Å². The summed E-state index contributed by atoms with van der Waals surface area (Å²) in [5, 5.41) is 8.51. The van der Waals surface area contributed by atoms with Gasteiger partial charge in [0.1, 0.15) is 0 Å². The minimum Gasteiger partial charge on any atom is -0.378 e. The molecule has 2 amide bonds. The summed E-state index contributed by atoms with van der Waals surface area (Å²) in [7, 11) is 0. The second-order valence-electron chi connectivity index (χ2n) is 6.98. The zero-order chi connectivity index (χ0) is 16.4. The van der Waals surface area contributed by atoms with Crippen LogP contribution in [0.1, 0.15) is 31.2 Å². The van der Waals surface area contributed by atoms with E-state index < -0.39 is 0 Å². The summed E-state index contributed by atoms with van der Waals surface area (Å²) in [5.41, 5.74) is 1.12. The van der Waals surface area contributed by atoms with Crippen molar-refractivity contribution in [2.75, 3.05) is 6.61 Å². The molecule has 1 aliphatic heterocycles. The molecule has 2 atom stereocenters. The van der Waals surface area contributed by atoms with Crippen molar-refractivity contribution in [1.82, 2.24) is 10.6 Å². The van der Waals surface area contributed by atoms with Crippen molar-refractivity contribution < 1.29 is 9.53 Å². The third kappa shape index (κ3) is 3.70. The topological polar surface area (TPSA) is 50.4 Å². The monoisotopic (exact) mass is 324 g/mol. The number of nitrogens with one attached hydrogen (secondary N) is 2. The molecule has 1 heterocycles. The first-order valence-electron chi connectivity index (χ1n) is 8.91. The molecule has 1 saturated heterocycles. The molecular formula is C20H24N2O2. The van der Waals surface area contributed by atoms with Crippen LogP contribution in [0.4, 0.5) is 4.79 Å². The Morgan fingerprint density at radius 2 is 1.92 bits per heavy atom. The maximum Gasteiger partial charge on any atom is 0.315 e. The lowest BCUT2D eigenvalue weighted by Gasteiger charge is -2.30. The van der Waals surface area contributed by atoms with Crippen LogP contribution in [0.2, 0.25) is 0 Å². The number of amides is 2. The Labute approximate surface area is 142 Å². The van der Waals surface area contributed by atoms with Gasteiger partial charge in [0.05, 0.1) is 6.10 Å². The van der Waals surface area contributed by atoms with Crippen LogP contribution < -0.4 is 10.6 Å².